The van der Waals surface area contributed by atoms with Crippen molar-refractivity contribution in [1.82, 2.24) is 9.97 Å². The predicted molar refractivity (Wildman–Crippen MR) is 58.3 cm³/mol. The van der Waals surface area contributed by atoms with E-state index in [0.29, 0.717) is 11.0 Å². The Labute approximate surface area is 91.1 Å². The molecule has 0 bridgehead atoms. The number of esters is 1. The molecule has 0 aliphatic heterocycles. The van der Waals surface area contributed by atoms with E-state index in [1.54, 1.807) is 25.3 Å². The Kier molecular flexibility index (Phi) is 2.68. The zero-order valence-corrected chi connectivity index (χ0v) is 8.69. The molecule has 5 nitrogen and oxygen atoms in total. The number of nitrogens with one attached hydrogen (secondary N) is 1. The second-order valence-electron chi connectivity index (χ2n) is 3.17. The normalized spacial score (nSPS) is 10.3. The van der Waals surface area contributed by atoms with Gasteiger partial charge in [0.15, 0.2) is 0 Å². The molecule has 1 N–H and O–H groups in total. The SMILES string of the molecule is CCOC(=O)c1cc(=O)[nH]c2cccnc12. The minimum atomic E-state index is -0.530. The Balaban J connectivity index is 2.68. The average molecular weight is 218 g/mol. The van der Waals surface area contributed by atoms with Crippen LogP contribution in [0.15, 0.2) is 29.2 Å². The molecule has 2 aromatic heterocycles. The maximum absolute atomic E-state index is 11.6. The predicted octanol–water partition coefficient (Wildman–Crippen LogP) is 1.10. The van der Waals surface area contributed by atoms with Gasteiger partial charge in [0, 0.05) is 12.3 Å². The van der Waals surface area contributed by atoms with E-state index in [4.69, 9.17) is 4.74 Å². The Hall–Kier alpha value is -2.17. The number of ether oxygens (including phenoxy) is 1. The van der Waals surface area contributed by atoms with Gasteiger partial charge in [-0.2, -0.15) is 0 Å². The van der Waals surface area contributed by atoms with Crippen LogP contribution in [0.5, 0.6) is 0 Å². The Morgan fingerprint density at radius 2 is 2.38 bits per heavy atom. The Morgan fingerprint density at radius 1 is 1.56 bits per heavy atom. The fraction of sp³-hybridized carbons (Fsp3) is 0.182. The minimum Gasteiger partial charge on any atom is -0.462 e. The van der Waals surface area contributed by atoms with Crippen molar-refractivity contribution in [1.29, 1.82) is 0 Å². The van der Waals surface area contributed by atoms with Crippen molar-refractivity contribution < 1.29 is 9.53 Å². The van der Waals surface area contributed by atoms with Gasteiger partial charge < -0.3 is 9.72 Å². The molecule has 0 radical (unpaired) electrons. The van der Waals surface area contributed by atoms with Crippen LogP contribution in [0.3, 0.4) is 0 Å². The fourth-order valence-corrected chi connectivity index (χ4v) is 1.45. The van der Waals surface area contributed by atoms with E-state index in [1.165, 1.54) is 6.07 Å². The minimum absolute atomic E-state index is 0.196. The van der Waals surface area contributed by atoms with Crippen molar-refractivity contribution in [2.45, 2.75) is 6.92 Å². The lowest BCUT2D eigenvalue weighted by atomic mass is 10.2. The molecule has 0 spiro atoms. The molecule has 0 aromatic carbocycles. The number of aromatic nitrogens is 2. The molecule has 0 fully saturated rings. The monoisotopic (exact) mass is 218 g/mol. The van der Waals surface area contributed by atoms with Crippen LogP contribution < -0.4 is 5.56 Å². The first-order valence-corrected chi connectivity index (χ1v) is 4.87. The number of fused-ring (bicyclic) bond motifs is 1. The van der Waals surface area contributed by atoms with Crippen LogP contribution in [0.25, 0.3) is 11.0 Å². The summed E-state index contributed by atoms with van der Waals surface area (Å²) in [5.41, 5.74) is 0.823. The molecule has 0 saturated heterocycles. The van der Waals surface area contributed by atoms with Gasteiger partial charge in [0.25, 0.3) is 0 Å². The second kappa shape index (κ2) is 4.14. The number of carbonyl (C=O) groups excluding carboxylic acids is 1. The quantitative estimate of drug-likeness (QED) is 0.766. The van der Waals surface area contributed by atoms with Crippen LogP contribution >= 0.6 is 0 Å². The number of hydrogen-bond acceptors (Lipinski definition) is 4. The topological polar surface area (TPSA) is 72.1 Å². The van der Waals surface area contributed by atoms with Gasteiger partial charge in [0.1, 0.15) is 5.52 Å². The highest BCUT2D eigenvalue weighted by Gasteiger charge is 2.13. The van der Waals surface area contributed by atoms with Crippen LogP contribution in [-0.2, 0) is 4.74 Å². The van der Waals surface area contributed by atoms with Gasteiger partial charge in [0.2, 0.25) is 5.56 Å². The number of pyridine rings is 2. The molecular formula is C11H10N2O3. The number of aromatic amines is 1. The van der Waals surface area contributed by atoms with Gasteiger partial charge in [-0.25, -0.2) is 4.79 Å². The molecule has 0 unspecified atom stereocenters. The zero-order valence-electron chi connectivity index (χ0n) is 8.69. The lowest BCUT2D eigenvalue weighted by Crippen LogP contribution is -2.13. The fourth-order valence-electron chi connectivity index (χ4n) is 1.45. The molecular weight excluding hydrogens is 208 g/mol. The first-order valence-electron chi connectivity index (χ1n) is 4.87. The van der Waals surface area contributed by atoms with Gasteiger partial charge in [-0.05, 0) is 19.1 Å². The number of H-pyrrole nitrogens is 1. The van der Waals surface area contributed by atoms with Crippen molar-refractivity contribution >= 4 is 17.0 Å². The van der Waals surface area contributed by atoms with Crippen LogP contribution in [-0.4, -0.2) is 22.5 Å². The summed E-state index contributed by atoms with van der Waals surface area (Å²) in [6.07, 6.45) is 1.56. The lowest BCUT2D eigenvalue weighted by molar-refractivity contribution is 0.0528. The van der Waals surface area contributed by atoms with Crippen molar-refractivity contribution in [2.24, 2.45) is 0 Å². The van der Waals surface area contributed by atoms with Crippen molar-refractivity contribution in [3.8, 4) is 0 Å². The van der Waals surface area contributed by atoms with Gasteiger partial charge in [-0.3, -0.25) is 9.78 Å². The first-order chi connectivity index (χ1) is 7.72. The molecule has 2 rings (SSSR count). The summed E-state index contributed by atoms with van der Waals surface area (Å²) in [7, 11) is 0. The van der Waals surface area contributed by atoms with E-state index < -0.39 is 5.97 Å². The highest BCUT2D eigenvalue weighted by molar-refractivity contribution is 6.01. The average Bonchev–Trinajstić information content (AvgIpc) is 2.28. The van der Waals surface area contributed by atoms with Crippen molar-refractivity contribution in [3.63, 3.8) is 0 Å². The molecule has 5 heteroatoms. The van der Waals surface area contributed by atoms with Gasteiger partial charge >= 0.3 is 5.97 Å². The van der Waals surface area contributed by atoms with Crippen molar-refractivity contribution in [2.75, 3.05) is 6.61 Å². The van der Waals surface area contributed by atoms with Crippen LogP contribution in [0.1, 0.15) is 17.3 Å². The van der Waals surface area contributed by atoms with Gasteiger partial charge in [-0.1, -0.05) is 0 Å². The molecule has 0 aliphatic rings. The number of rotatable bonds is 2. The largest absolute Gasteiger partial charge is 0.462 e. The van der Waals surface area contributed by atoms with E-state index >= 15 is 0 Å². The Bertz CT molecular complexity index is 589. The second-order valence-corrected chi connectivity index (χ2v) is 3.17. The van der Waals surface area contributed by atoms with Crippen LogP contribution in [0.2, 0.25) is 0 Å². The molecule has 0 amide bonds. The third-order valence-corrected chi connectivity index (χ3v) is 2.09. The molecule has 0 atom stereocenters. The summed E-state index contributed by atoms with van der Waals surface area (Å²) in [4.78, 5) is 29.6. The smallest absolute Gasteiger partial charge is 0.340 e. The summed E-state index contributed by atoms with van der Waals surface area (Å²) in [6, 6.07) is 4.58. The summed E-state index contributed by atoms with van der Waals surface area (Å²) < 4.78 is 4.86. The maximum Gasteiger partial charge on any atom is 0.340 e. The van der Waals surface area contributed by atoms with Crippen LogP contribution in [0.4, 0.5) is 0 Å². The van der Waals surface area contributed by atoms with E-state index in [-0.39, 0.29) is 17.7 Å². The van der Waals surface area contributed by atoms with Crippen LogP contribution in [0, 0.1) is 0 Å². The zero-order chi connectivity index (χ0) is 11.5. The summed E-state index contributed by atoms with van der Waals surface area (Å²) in [5.74, 6) is -0.530. The Morgan fingerprint density at radius 3 is 3.12 bits per heavy atom. The highest BCUT2D eigenvalue weighted by atomic mass is 16.5. The van der Waals surface area contributed by atoms with E-state index in [2.05, 4.69) is 9.97 Å². The molecule has 2 heterocycles. The van der Waals surface area contributed by atoms with E-state index in [1.807, 2.05) is 0 Å². The standard InChI is InChI=1S/C11H10N2O3/c1-2-16-11(15)7-6-9(14)13-8-4-3-5-12-10(7)8/h3-6H,2H2,1H3,(H,13,14). The maximum atomic E-state index is 11.6. The van der Waals surface area contributed by atoms with E-state index in [9.17, 15) is 9.59 Å². The first kappa shape index (κ1) is 10.4. The summed E-state index contributed by atoms with van der Waals surface area (Å²) in [5, 5.41) is 0. The third kappa shape index (κ3) is 1.79. The highest BCUT2D eigenvalue weighted by Crippen LogP contribution is 2.12. The number of carbonyl (C=O) groups is 1. The molecule has 16 heavy (non-hydrogen) atoms. The molecule has 2 aromatic rings. The lowest BCUT2D eigenvalue weighted by Gasteiger charge is -2.04. The molecule has 82 valence electrons. The van der Waals surface area contributed by atoms with Crippen molar-refractivity contribution in [3.05, 3.63) is 40.3 Å². The molecule has 0 aliphatic carbocycles. The third-order valence-electron chi connectivity index (χ3n) is 2.09. The van der Waals surface area contributed by atoms with Gasteiger partial charge in [-0.15, -0.1) is 0 Å². The summed E-state index contributed by atoms with van der Waals surface area (Å²) >= 11 is 0. The van der Waals surface area contributed by atoms with Gasteiger partial charge in [0.05, 0.1) is 17.7 Å². The molecule has 0 saturated carbocycles. The number of hydrogen-bond donors (Lipinski definition) is 1. The number of nitrogens with zero attached hydrogens (tertiary/aromatic N) is 1. The van der Waals surface area contributed by atoms with E-state index in [0.717, 1.165) is 0 Å². The summed E-state index contributed by atoms with van der Waals surface area (Å²) in [6.45, 7) is 1.97.